The van der Waals surface area contributed by atoms with Crippen LogP contribution < -0.4 is 5.32 Å². The molecule has 0 bridgehead atoms. The number of aryl methyl sites for hydroxylation is 1. The number of rotatable bonds is 7. The SMILES string of the molecule is CCCCN(CCCC)C(=O)C(=O)Nc1cccc(C)n1. The molecule has 0 spiro atoms. The Morgan fingerprint density at radius 2 is 1.76 bits per heavy atom. The molecule has 0 fully saturated rings. The van der Waals surface area contributed by atoms with Crippen molar-refractivity contribution in [2.45, 2.75) is 46.5 Å². The van der Waals surface area contributed by atoms with Crippen molar-refractivity contribution in [3.63, 3.8) is 0 Å². The van der Waals surface area contributed by atoms with E-state index in [2.05, 4.69) is 24.1 Å². The molecule has 0 aliphatic carbocycles. The molecule has 2 amide bonds. The molecule has 1 N–H and O–H groups in total. The predicted octanol–water partition coefficient (Wildman–Crippen LogP) is 2.76. The fourth-order valence-corrected chi connectivity index (χ4v) is 1.94. The first-order valence-corrected chi connectivity index (χ1v) is 7.62. The Morgan fingerprint density at radius 1 is 1.14 bits per heavy atom. The minimum Gasteiger partial charge on any atom is -0.334 e. The number of carbonyl (C=O) groups excluding carboxylic acids is 2. The van der Waals surface area contributed by atoms with Gasteiger partial charge in [-0.2, -0.15) is 0 Å². The normalized spacial score (nSPS) is 10.2. The van der Waals surface area contributed by atoms with Gasteiger partial charge in [-0.05, 0) is 31.9 Å². The van der Waals surface area contributed by atoms with Gasteiger partial charge >= 0.3 is 11.8 Å². The molecule has 1 heterocycles. The van der Waals surface area contributed by atoms with Gasteiger partial charge < -0.3 is 10.2 Å². The van der Waals surface area contributed by atoms with Crippen molar-refractivity contribution in [2.75, 3.05) is 18.4 Å². The second-order valence-electron chi connectivity index (χ2n) is 5.12. The molecule has 0 atom stereocenters. The number of unbranched alkanes of at least 4 members (excludes halogenated alkanes) is 2. The van der Waals surface area contributed by atoms with E-state index in [4.69, 9.17) is 0 Å². The maximum Gasteiger partial charge on any atom is 0.315 e. The van der Waals surface area contributed by atoms with Gasteiger partial charge in [0.05, 0.1) is 0 Å². The Kier molecular flexibility index (Phi) is 7.43. The van der Waals surface area contributed by atoms with Crippen LogP contribution in [0.2, 0.25) is 0 Å². The van der Waals surface area contributed by atoms with Crippen molar-refractivity contribution in [1.29, 1.82) is 0 Å². The molecule has 0 saturated heterocycles. The lowest BCUT2D eigenvalue weighted by Gasteiger charge is -2.21. The van der Waals surface area contributed by atoms with E-state index in [9.17, 15) is 9.59 Å². The number of nitrogens with one attached hydrogen (secondary N) is 1. The summed E-state index contributed by atoms with van der Waals surface area (Å²) in [6, 6.07) is 5.32. The van der Waals surface area contributed by atoms with Crippen LogP contribution in [0.5, 0.6) is 0 Å². The molecule has 0 unspecified atom stereocenters. The first-order valence-electron chi connectivity index (χ1n) is 7.62. The number of anilines is 1. The van der Waals surface area contributed by atoms with Crippen molar-refractivity contribution in [2.24, 2.45) is 0 Å². The van der Waals surface area contributed by atoms with Gasteiger partial charge in [0.2, 0.25) is 0 Å². The first-order chi connectivity index (χ1) is 10.1. The van der Waals surface area contributed by atoms with Crippen LogP contribution in [0.3, 0.4) is 0 Å². The van der Waals surface area contributed by atoms with Crippen molar-refractivity contribution >= 4 is 17.6 Å². The highest BCUT2D eigenvalue weighted by Gasteiger charge is 2.21. The van der Waals surface area contributed by atoms with Crippen LogP contribution in [0, 0.1) is 6.92 Å². The number of hydrogen-bond donors (Lipinski definition) is 1. The first kappa shape index (κ1) is 17.1. The van der Waals surface area contributed by atoms with Gasteiger partial charge in [0.25, 0.3) is 0 Å². The van der Waals surface area contributed by atoms with Gasteiger partial charge in [-0.1, -0.05) is 32.8 Å². The van der Waals surface area contributed by atoms with Gasteiger partial charge in [0, 0.05) is 18.8 Å². The van der Waals surface area contributed by atoms with Gasteiger partial charge in [-0.3, -0.25) is 9.59 Å². The van der Waals surface area contributed by atoms with Crippen molar-refractivity contribution in [3.8, 4) is 0 Å². The standard InChI is InChI=1S/C16H25N3O2/c1-4-6-11-19(12-7-5-2)16(21)15(20)18-14-10-8-9-13(3)17-14/h8-10H,4-7,11-12H2,1-3H3,(H,17,18,20). The molecule has 5 heteroatoms. The van der Waals surface area contributed by atoms with Crippen molar-refractivity contribution < 1.29 is 9.59 Å². The summed E-state index contributed by atoms with van der Waals surface area (Å²) in [5.41, 5.74) is 0.800. The predicted molar refractivity (Wildman–Crippen MR) is 84.0 cm³/mol. The van der Waals surface area contributed by atoms with Crippen molar-refractivity contribution in [3.05, 3.63) is 23.9 Å². The molecular weight excluding hydrogens is 266 g/mol. The number of amides is 2. The summed E-state index contributed by atoms with van der Waals surface area (Å²) in [4.78, 5) is 30.1. The van der Waals surface area contributed by atoms with Crippen LogP contribution >= 0.6 is 0 Å². The van der Waals surface area contributed by atoms with Crippen LogP contribution in [0.1, 0.15) is 45.2 Å². The molecule has 116 valence electrons. The topological polar surface area (TPSA) is 62.3 Å². The molecule has 0 aromatic carbocycles. The molecule has 0 aliphatic rings. The Morgan fingerprint density at radius 3 is 2.29 bits per heavy atom. The molecule has 0 radical (unpaired) electrons. The second-order valence-corrected chi connectivity index (χ2v) is 5.12. The van der Waals surface area contributed by atoms with Crippen LogP contribution in [-0.4, -0.2) is 34.8 Å². The number of carbonyl (C=O) groups is 2. The maximum atomic E-state index is 12.2. The number of aromatic nitrogens is 1. The van der Waals surface area contributed by atoms with E-state index in [1.54, 1.807) is 17.0 Å². The summed E-state index contributed by atoms with van der Waals surface area (Å²) in [5.74, 6) is -0.667. The average molecular weight is 291 g/mol. The Labute approximate surface area is 126 Å². The fourth-order valence-electron chi connectivity index (χ4n) is 1.94. The van der Waals surface area contributed by atoms with Gasteiger partial charge in [-0.25, -0.2) is 4.98 Å². The minimum absolute atomic E-state index is 0.416. The zero-order valence-corrected chi connectivity index (χ0v) is 13.2. The highest BCUT2D eigenvalue weighted by molar-refractivity contribution is 6.39. The Balaban J connectivity index is 2.65. The third-order valence-corrected chi connectivity index (χ3v) is 3.17. The monoisotopic (exact) mass is 291 g/mol. The second kappa shape index (κ2) is 9.10. The maximum absolute atomic E-state index is 12.2. The van der Waals surface area contributed by atoms with Crippen LogP contribution in [0.25, 0.3) is 0 Å². The highest BCUT2D eigenvalue weighted by Crippen LogP contribution is 2.06. The van der Waals surface area contributed by atoms with E-state index < -0.39 is 11.8 Å². The van der Waals surface area contributed by atoms with Crippen LogP contribution in [0.4, 0.5) is 5.82 Å². The molecule has 0 aliphatic heterocycles. The average Bonchev–Trinajstić information content (AvgIpc) is 2.47. The zero-order chi connectivity index (χ0) is 15.7. The van der Waals surface area contributed by atoms with Crippen LogP contribution in [0.15, 0.2) is 18.2 Å². The third kappa shape index (κ3) is 5.94. The molecule has 1 rings (SSSR count). The molecule has 1 aromatic rings. The Bertz CT molecular complexity index is 466. The van der Waals surface area contributed by atoms with Gasteiger partial charge in [-0.15, -0.1) is 0 Å². The number of hydrogen-bond acceptors (Lipinski definition) is 3. The summed E-state index contributed by atoms with van der Waals surface area (Å²) >= 11 is 0. The molecular formula is C16H25N3O2. The van der Waals surface area contributed by atoms with E-state index in [-0.39, 0.29) is 0 Å². The smallest absolute Gasteiger partial charge is 0.315 e. The lowest BCUT2D eigenvalue weighted by Crippen LogP contribution is -2.41. The lowest BCUT2D eigenvalue weighted by molar-refractivity contribution is -0.143. The molecule has 0 saturated carbocycles. The van der Waals surface area contributed by atoms with Gasteiger partial charge in [0.1, 0.15) is 5.82 Å². The summed E-state index contributed by atoms with van der Waals surface area (Å²) in [6.07, 6.45) is 3.81. The summed E-state index contributed by atoms with van der Waals surface area (Å²) in [7, 11) is 0. The quantitative estimate of drug-likeness (QED) is 0.786. The largest absolute Gasteiger partial charge is 0.334 e. The van der Waals surface area contributed by atoms with E-state index in [1.165, 1.54) is 0 Å². The van der Waals surface area contributed by atoms with E-state index >= 15 is 0 Å². The summed E-state index contributed by atoms with van der Waals surface area (Å²) < 4.78 is 0. The van der Waals surface area contributed by atoms with E-state index in [1.807, 2.05) is 13.0 Å². The third-order valence-electron chi connectivity index (χ3n) is 3.17. The zero-order valence-electron chi connectivity index (χ0n) is 13.2. The molecule has 21 heavy (non-hydrogen) atoms. The van der Waals surface area contributed by atoms with Gasteiger partial charge in [0.15, 0.2) is 0 Å². The summed E-state index contributed by atoms with van der Waals surface area (Å²) in [5, 5.41) is 2.57. The van der Waals surface area contributed by atoms with Crippen molar-refractivity contribution in [1.82, 2.24) is 9.88 Å². The Hall–Kier alpha value is -1.91. The van der Waals surface area contributed by atoms with Crippen LogP contribution in [-0.2, 0) is 9.59 Å². The lowest BCUT2D eigenvalue weighted by atomic mass is 10.2. The molecule has 1 aromatic heterocycles. The number of pyridine rings is 1. The summed E-state index contributed by atoms with van der Waals surface area (Å²) in [6.45, 7) is 7.23. The molecule has 5 nitrogen and oxygen atoms in total. The van der Waals surface area contributed by atoms with E-state index in [0.29, 0.717) is 18.9 Å². The highest BCUT2D eigenvalue weighted by atomic mass is 16.2. The van der Waals surface area contributed by atoms with E-state index in [0.717, 1.165) is 31.4 Å². The number of nitrogens with zero attached hydrogens (tertiary/aromatic N) is 2. The minimum atomic E-state index is -0.611. The fraction of sp³-hybridized carbons (Fsp3) is 0.562.